The molecule has 0 bridgehead atoms. The summed E-state index contributed by atoms with van der Waals surface area (Å²) >= 11 is 19.7. The van der Waals surface area contributed by atoms with Gasteiger partial charge in [0.25, 0.3) is 11.6 Å². The van der Waals surface area contributed by atoms with Gasteiger partial charge in [-0.25, -0.2) is 4.39 Å². The van der Waals surface area contributed by atoms with Crippen molar-refractivity contribution in [3.05, 3.63) is 72.5 Å². The van der Waals surface area contributed by atoms with Crippen molar-refractivity contribution < 1.29 is 14.1 Å². The van der Waals surface area contributed by atoms with Crippen LogP contribution in [0.2, 0.25) is 15.1 Å². The molecule has 0 atom stereocenters. The second-order valence-electron chi connectivity index (χ2n) is 5.16. The molecule has 0 saturated heterocycles. The van der Waals surface area contributed by atoms with Gasteiger partial charge in [0.05, 0.1) is 24.9 Å². The van der Waals surface area contributed by atoms with Gasteiger partial charge in [-0.1, -0.05) is 46.6 Å². The van der Waals surface area contributed by atoms with Gasteiger partial charge in [0, 0.05) is 24.1 Å². The quantitative estimate of drug-likeness (QED) is 0.332. The van der Waals surface area contributed by atoms with Crippen molar-refractivity contribution in [1.82, 2.24) is 4.98 Å². The fourth-order valence-electron chi connectivity index (χ4n) is 2.03. The van der Waals surface area contributed by atoms with Crippen LogP contribution < -0.4 is 5.32 Å². The van der Waals surface area contributed by atoms with Gasteiger partial charge in [-0.3, -0.25) is 19.9 Å². The summed E-state index contributed by atoms with van der Waals surface area (Å²) in [6.07, 6.45) is 2.72. The monoisotopic (exact) mass is 477 g/mol. The number of halogens is 4. The molecule has 0 fully saturated rings. The molecular weight excluding hydrogens is 472 g/mol. The van der Waals surface area contributed by atoms with Crippen LogP contribution >= 0.6 is 57.9 Å². The first-order valence-electron chi connectivity index (χ1n) is 7.27. The first-order chi connectivity index (χ1) is 13.3. The lowest BCUT2D eigenvalue weighted by Gasteiger charge is -2.04. The number of carbonyl (C=O) groups is 1. The van der Waals surface area contributed by atoms with Crippen LogP contribution in [0.5, 0.6) is 0 Å². The summed E-state index contributed by atoms with van der Waals surface area (Å²) in [6, 6.07) is 4.82. The molecule has 1 N–H and O–H groups in total. The highest BCUT2D eigenvalue weighted by Gasteiger charge is 2.25. The number of hydrogen-bond acceptors (Lipinski definition) is 6. The van der Waals surface area contributed by atoms with E-state index in [1.807, 2.05) is 0 Å². The van der Waals surface area contributed by atoms with Crippen molar-refractivity contribution in [3.8, 4) is 0 Å². The van der Waals surface area contributed by atoms with Crippen LogP contribution in [0.3, 0.4) is 0 Å². The van der Waals surface area contributed by atoms with E-state index in [2.05, 4.69) is 10.3 Å². The summed E-state index contributed by atoms with van der Waals surface area (Å²) in [5.74, 6) is -1.23. The number of benzene rings is 1. The van der Waals surface area contributed by atoms with Crippen molar-refractivity contribution in [1.29, 1.82) is 0 Å². The number of amides is 1. The predicted octanol–water partition coefficient (Wildman–Crippen LogP) is 6.55. The Kier molecular flexibility index (Phi) is 6.41. The standard InChI is InChI=1S/C16H7Cl3FN3O3S2/c17-8-3-7(1-2-11(8)20)22-15(24)13-4-12(23(25)26)16(27-13)28-14-9(18)5-21-6-10(14)19/h1-6H,(H,22,24). The summed E-state index contributed by atoms with van der Waals surface area (Å²) in [5.41, 5.74) is -0.0110. The fourth-order valence-corrected chi connectivity index (χ4v) is 4.97. The number of nitro groups is 1. The first-order valence-corrected chi connectivity index (χ1v) is 10.0. The lowest BCUT2D eigenvalue weighted by molar-refractivity contribution is -0.387. The normalized spacial score (nSPS) is 10.7. The Morgan fingerprint density at radius 1 is 1.18 bits per heavy atom. The summed E-state index contributed by atoms with van der Waals surface area (Å²) in [4.78, 5) is 27.5. The molecule has 0 radical (unpaired) electrons. The zero-order chi connectivity index (χ0) is 20.4. The Morgan fingerprint density at radius 2 is 1.86 bits per heavy atom. The Bertz CT molecular complexity index is 1070. The smallest absolute Gasteiger partial charge is 0.294 e. The topological polar surface area (TPSA) is 85.1 Å². The average Bonchev–Trinajstić information content (AvgIpc) is 3.06. The maximum Gasteiger partial charge on any atom is 0.294 e. The van der Waals surface area contributed by atoms with Gasteiger partial charge in [-0.2, -0.15) is 0 Å². The molecule has 0 aliphatic heterocycles. The molecule has 2 heterocycles. The number of nitrogens with zero attached hydrogens (tertiary/aromatic N) is 2. The summed E-state index contributed by atoms with van der Waals surface area (Å²) in [5, 5.41) is 14.2. The van der Waals surface area contributed by atoms with Crippen LogP contribution in [0.25, 0.3) is 0 Å². The molecule has 3 rings (SSSR count). The van der Waals surface area contributed by atoms with E-state index in [4.69, 9.17) is 34.8 Å². The minimum atomic E-state index is -0.628. The van der Waals surface area contributed by atoms with E-state index >= 15 is 0 Å². The zero-order valence-corrected chi connectivity index (χ0v) is 17.3. The molecule has 0 spiro atoms. The highest BCUT2D eigenvalue weighted by atomic mass is 35.5. The lowest BCUT2D eigenvalue weighted by Crippen LogP contribution is -2.10. The highest BCUT2D eigenvalue weighted by molar-refractivity contribution is 8.01. The fraction of sp³-hybridized carbons (Fsp3) is 0. The summed E-state index contributed by atoms with van der Waals surface area (Å²) in [7, 11) is 0. The molecule has 1 aromatic carbocycles. The summed E-state index contributed by atoms with van der Waals surface area (Å²) in [6.45, 7) is 0. The number of aromatic nitrogens is 1. The molecule has 0 aliphatic rings. The van der Waals surface area contributed by atoms with Crippen LogP contribution in [0.1, 0.15) is 9.67 Å². The average molecular weight is 479 g/mol. The molecule has 0 unspecified atom stereocenters. The SMILES string of the molecule is O=C(Nc1ccc(F)c(Cl)c1)c1cc([N+](=O)[O-])c(Sc2c(Cl)cncc2Cl)s1. The van der Waals surface area contributed by atoms with Gasteiger partial charge < -0.3 is 5.32 Å². The Balaban J connectivity index is 1.90. The van der Waals surface area contributed by atoms with Crippen molar-refractivity contribution in [3.63, 3.8) is 0 Å². The van der Waals surface area contributed by atoms with Crippen LogP contribution in [0.4, 0.5) is 15.8 Å². The molecule has 2 aromatic heterocycles. The van der Waals surface area contributed by atoms with Gasteiger partial charge in [-0.15, -0.1) is 11.3 Å². The van der Waals surface area contributed by atoms with Gasteiger partial charge in [0.1, 0.15) is 14.9 Å². The minimum absolute atomic E-state index is 0.0796. The van der Waals surface area contributed by atoms with Crippen LogP contribution in [0, 0.1) is 15.9 Å². The molecular formula is C16H7Cl3FN3O3S2. The summed E-state index contributed by atoms with van der Waals surface area (Å²) < 4.78 is 13.5. The maximum absolute atomic E-state index is 13.2. The van der Waals surface area contributed by atoms with E-state index in [-0.39, 0.29) is 35.5 Å². The van der Waals surface area contributed by atoms with E-state index in [1.165, 1.54) is 24.5 Å². The minimum Gasteiger partial charge on any atom is -0.321 e. The second kappa shape index (κ2) is 8.62. The van der Waals surface area contributed by atoms with Crippen molar-refractivity contribution in [2.75, 3.05) is 5.32 Å². The zero-order valence-electron chi connectivity index (χ0n) is 13.4. The number of thiophene rings is 1. The Hall–Kier alpha value is -1.91. The van der Waals surface area contributed by atoms with Crippen molar-refractivity contribution >= 4 is 75.2 Å². The number of carbonyl (C=O) groups excluding carboxylic acids is 1. The van der Waals surface area contributed by atoms with Crippen LogP contribution in [-0.2, 0) is 0 Å². The van der Waals surface area contributed by atoms with Crippen molar-refractivity contribution in [2.45, 2.75) is 9.10 Å². The van der Waals surface area contributed by atoms with Gasteiger partial charge in [0.15, 0.2) is 0 Å². The lowest BCUT2D eigenvalue weighted by atomic mass is 10.3. The van der Waals surface area contributed by atoms with Crippen LogP contribution in [0.15, 0.2) is 45.8 Å². The van der Waals surface area contributed by atoms with Gasteiger partial charge in [0.2, 0.25) is 0 Å². The van der Waals surface area contributed by atoms with Crippen molar-refractivity contribution in [2.24, 2.45) is 0 Å². The molecule has 1 amide bonds. The predicted molar refractivity (Wildman–Crippen MR) is 109 cm³/mol. The molecule has 3 aromatic rings. The molecule has 144 valence electrons. The molecule has 12 heteroatoms. The van der Waals surface area contributed by atoms with Gasteiger partial charge >= 0.3 is 0 Å². The number of pyridine rings is 1. The highest BCUT2D eigenvalue weighted by Crippen LogP contribution is 2.45. The van der Waals surface area contributed by atoms with Crippen LogP contribution in [-0.4, -0.2) is 15.8 Å². The number of anilines is 1. The van der Waals surface area contributed by atoms with E-state index < -0.39 is 16.6 Å². The third kappa shape index (κ3) is 4.56. The molecule has 28 heavy (non-hydrogen) atoms. The second-order valence-corrected chi connectivity index (χ2v) is 8.71. The number of nitrogens with one attached hydrogen (secondary N) is 1. The molecule has 0 saturated carbocycles. The number of hydrogen-bond donors (Lipinski definition) is 1. The third-order valence-corrected chi connectivity index (χ3v) is 6.82. The maximum atomic E-state index is 13.2. The van der Waals surface area contributed by atoms with E-state index in [0.29, 0.717) is 4.90 Å². The Morgan fingerprint density at radius 3 is 2.46 bits per heavy atom. The Labute approximate surface area is 180 Å². The van der Waals surface area contributed by atoms with Gasteiger partial charge in [-0.05, 0) is 18.2 Å². The third-order valence-electron chi connectivity index (χ3n) is 3.28. The van der Waals surface area contributed by atoms with E-state index in [0.717, 1.165) is 35.2 Å². The first kappa shape index (κ1) is 20.8. The largest absolute Gasteiger partial charge is 0.321 e. The molecule has 0 aliphatic carbocycles. The van der Waals surface area contributed by atoms with E-state index in [9.17, 15) is 19.3 Å². The molecule has 6 nitrogen and oxygen atoms in total. The van der Waals surface area contributed by atoms with E-state index in [1.54, 1.807) is 0 Å². The number of rotatable bonds is 5.